The van der Waals surface area contributed by atoms with Crippen LogP contribution in [0.3, 0.4) is 0 Å². The Morgan fingerprint density at radius 2 is 1.42 bits per heavy atom. The summed E-state index contributed by atoms with van der Waals surface area (Å²) in [6.45, 7) is 14.3. The Morgan fingerprint density at radius 3 is 1.93 bits per heavy atom. The maximum atomic E-state index is 14.5. The molecule has 20 nitrogen and oxygen atoms in total. The molecule has 5 N–H and O–H groups in total. The molecule has 9 unspecified atom stereocenters. The van der Waals surface area contributed by atoms with Crippen molar-refractivity contribution in [2.75, 3.05) is 55.0 Å². The first-order valence-corrected chi connectivity index (χ1v) is 26.8. The quantitative estimate of drug-likeness (QED) is 0.0884. The highest BCUT2D eigenvalue weighted by molar-refractivity contribution is 7.90. The van der Waals surface area contributed by atoms with Gasteiger partial charge in [0, 0.05) is 53.2 Å². The van der Waals surface area contributed by atoms with Crippen LogP contribution in [-0.4, -0.2) is 183 Å². The van der Waals surface area contributed by atoms with Crippen molar-refractivity contribution in [3.05, 3.63) is 29.8 Å². The molecule has 2 saturated heterocycles. The van der Waals surface area contributed by atoms with Crippen molar-refractivity contribution in [3.8, 4) is 5.75 Å². The standard InChI is InChI=1S/C50H83N7O13S/c1-13-31(6)43(55(10)48(62)41(29(2)3)52-47(61)42(30(4)5)54(8)9)39(68-11)28-40(58)57-24-14-15-38(57)44(69-12)32(7)45(59)51-37(46(60)53-71(66,67)36-20-21-36)27-33-16-18-35(19-17-33)70-50(65)56-25-22-34(23-26-56)49(63)64/h16-19,29-32,34,36-39,41-44,49,63-64H,13-15,20-28H2,1-12H3,(H,51,59)(H,52,61)(H,53,60). The van der Waals surface area contributed by atoms with Crippen LogP contribution in [-0.2, 0) is 49.9 Å². The molecule has 0 radical (unpaired) electrons. The zero-order chi connectivity index (χ0) is 53.1. The van der Waals surface area contributed by atoms with Crippen molar-refractivity contribution < 1.29 is 61.6 Å². The minimum absolute atomic E-state index is 0.00263. The molecular weight excluding hydrogens is 939 g/mol. The van der Waals surface area contributed by atoms with Gasteiger partial charge in [-0.25, -0.2) is 13.2 Å². The summed E-state index contributed by atoms with van der Waals surface area (Å²) in [6.07, 6.45) is -0.380. The van der Waals surface area contributed by atoms with Crippen LogP contribution in [0.1, 0.15) is 105 Å². The van der Waals surface area contributed by atoms with Gasteiger partial charge in [-0.05, 0) is 88.1 Å². The maximum Gasteiger partial charge on any atom is 0.415 e. The minimum Gasteiger partial charge on any atom is -0.410 e. The van der Waals surface area contributed by atoms with Crippen LogP contribution in [0.5, 0.6) is 5.75 Å². The number of benzene rings is 1. The lowest BCUT2D eigenvalue weighted by atomic mass is 9.89. The number of nitrogens with one attached hydrogen (secondary N) is 3. The monoisotopic (exact) mass is 1020 g/mol. The first-order valence-electron chi connectivity index (χ1n) is 25.2. The summed E-state index contributed by atoms with van der Waals surface area (Å²) in [5.41, 5.74) is 0.527. The van der Waals surface area contributed by atoms with E-state index in [1.54, 1.807) is 35.9 Å². The predicted molar refractivity (Wildman–Crippen MR) is 266 cm³/mol. The van der Waals surface area contributed by atoms with Crippen molar-refractivity contribution in [1.82, 2.24) is 35.0 Å². The Bertz CT molecular complexity index is 2050. The lowest BCUT2D eigenvalue weighted by Crippen LogP contribution is -2.59. The average molecular weight is 1020 g/mol. The van der Waals surface area contributed by atoms with Crippen LogP contribution in [0, 0.1) is 29.6 Å². The maximum absolute atomic E-state index is 14.5. The fourth-order valence-corrected chi connectivity index (χ4v) is 11.4. The molecule has 3 aliphatic rings. The first-order chi connectivity index (χ1) is 33.4. The third-order valence-corrected chi connectivity index (χ3v) is 16.4. The predicted octanol–water partition coefficient (Wildman–Crippen LogP) is 2.49. The van der Waals surface area contributed by atoms with Gasteiger partial charge in [-0.2, -0.15) is 0 Å². The van der Waals surface area contributed by atoms with Gasteiger partial charge in [0.25, 0.3) is 5.91 Å². The van der Waals surface area contributed by atoms with Crippen LogP contribution >= 0.6 is 0 Å². The van der Waals surface area contributed by atoms with E-state index in [-0.39, 0.29) is 60.0 Å². The molecular formula is C50H83N7O13S. The van der Waals surface area contributed by atoms with Gasteiger partial charge in [0.1, 0.15) is 17.8 Å². The van der Waals surface area contributed by atoms with Crippen molar-refractivity contribution >= 4 is 45.7 Å². The number of piperidine rings is 1. The summed E-state index contributed by atoms with van der Waals surface area (Å²) in [4.78, 5) is 89.8. The molecule has 1 aliphatic carbocycles. The summed E-state index contributed by atoms with van der Waals surface area (Å²) in [7, 11) is 4.31. The molecule has 6 amide bonds. The number of aliphatic hydroxyl groups excluding tert-OH is 1. The number of ether oxygens (including phenoxy) is 3. The van der Waals surface area contributed by atoms with Gasteiger partial charge in [0.15, 0.2) is 6.29 Å². The van der Waals surface area contributed by atoms with Crippen molar-refractivity contribution in [2.24, 2.45) is 29.6 Å². The molecule has 9 atom stereocenters. The number of hydrogen-bond donors (Lipinski definition) is 5. The number of likely N-dealkylation sites (tertiary alicyclic amines) is 2. The molecule has 1 aromatic carbocycles. The van der Waals surface area contributed by atoms with Gasteiger partial charge in [-0.1, -0.05) is 67.0 Å². The molecule has 1 aromatic rings. The molecule has 0 bridgehead atoms. The molecule has 0 aromatic heterocycles. The SMILES string of the molecule is CCC(C)C(C(CC(=O)N1CCCC1C(OC)C(C)C(=O)NC(Cc1ccc(OC(=O)N2CCC(C(O)O)CC2)cc1)C(=O)NS(=O)(=O)C1CC1)OC)N(C)C(=O)C(NC(=O)C(C(C)C)N(C)C)C(C)C. The van der Waals surface area contributed by atoms with Gasteiger partial charge in [0.2, 0.25) is 33.7 Å². The van der Waals surface area contributed by atoms with E-state index in [9.17, 15) is 47.4 Å². The van der Waals surface area contributed by atoms with Gasteiger partial charge in [-0.15, -0.1) is 0 Å². The van der Waals surface area contributed by atoms with Gasteiger partial charge >= 0.3 is 6.09 Å². The number of carbonyl (C=O) groups is 6. The smallest absolute Gasteiger partial charge is 0.410 e. The Balaban J connectivity index is 1.49. The summed E-state index contributed by atoms with van der Waals surface area (Å²) < 4.78 is 45.6. The topological polar surface area (TPSA) is 254 Å². The van der Waals surface area contributed by atoms with Crippen molar-refractivity contribution in [2.45, 2.75) is 160 Å². The van der Waals surface area contributed by atoms with E-state index in [0.717, 1.165) is 0 Å². The third-order valence-electron chi connectivity index (χ3n) is 14.6. The molecule has 402 valence electrons. The number of amides is 6. The van der Waals surface area contributed by atoms with Crippen molar-refractivity contribution in [3.63, 3.8) is 0 Å². The highest BCUT2D eigenvalue weighted by Crippen LogP contribution is 2.31. The summed E-state index contributed by atoms with van der Waals surface area (Å²) in [6, 6.07) is 2.53. The van der Waals surface area contributed by atoms with Gasteiger partial charge in [0.05, 0.1) is 47.9 Å². The van der Waals surface area contributed by atoms with Crippen LogP contribution in [0.25, 0.3) is 0 Å². The minimum atomic E-state index is -3.99. The Morgan fingerprint density at radius 1 is 0.803 bits per heavy atom. The molecule has 71 heavy (non-hydrogen) atoms. The Labute approximate surface area is 421 Å². The van der Waals surface area contributed by atoms with E-state index >= 15 is 0 Å². The van der Waals surface area contributed by atoms with Crippen LogP contribution in [0.15, 0.2) is 24.3 Å². The second kappa shape index (κ2) is 26.5. The molecule has 0 spiro atoms. The zero-order valence-electron chi connectivity index (χ0n) is 44.0. The van der Waals surface area contributed by atoms with Gasteiger partial charge in [-0.3, -0.25) is 33.6 Å². The number of methoxy groups -OCH3 is 2. The number of hydrogen-bond acceptors (Lipinski definition) is 14. The highest BCUT2D eigenvalue weighted by atomic mass is 32.2. The van der Waals surface area contributed by atoms with Crippen LogP contribution in [0.4, 0.5) is 4.79 Å². The summed E-state index contributed by atoms with van der Waals surface area (Å²) in [5, 5.41) is 24.0. The number of likely N-dealkylation sites (N-methyl/N-ethyl adjacent to an activating group) is 2. The van der Waals surface area contributed by atoms with Gasteiger partial charge < -0.3 is 49.8 Å². The molecule has 1 saturated carbocycles. The number of carbonyl (C=O) groups excluding carboxylic acids is 6. The van der Waals surface area contributed by atoms with E-state index in [1.165, 1.54) is 31.3 Å². The molecule has 2 aliphatic heterocycles. The van der Waals surface area contributed by atoms with E-state index in [4.69, 9.17) is 14.2 Å². The second-order valence-electron chi connectivity index (χ2n) is 20.7. The lowest BCUT2D eigenvalue weighted by Gasteiger charge is -2.41. The third kappa shape index (κ3) is 15.8. The van der Waals surface area contributed by atoms with Crippen LogP contribution in [0.2, 0.25) is 0 Å². The highest BCUT2D eigenvalue weighted by Gasteiger charge is 2.44. The summed E-state index contributed by atoms with van der Waals surface area (Å²) in [5.74, 6) is -3.72. The van der Waals surface area contributed by atoms with E-state index in [0.29, 0.717) is 70.1 Å². The summed E-state index contributed by atoms with van der Waals surface area (Å²) >= 11 is 0. The first kappa shape index (κ1) is 59.2. The zero-order valence-corrected chi connectivity index (χ0v) is 44.8. The molecule has 4 rings (SSSR count). The number of sulfonamides is 1. The number of rotatable bonds is 25. The molecule has 3 fully saturated rings. The number of nitrogens with zero attached hydrogens (tertiary/aromatic N) is 4. The second-order valence-corrected chi connectivity index (χ2v) is 22.7. The average Bonchev–Trinajstić information content (AvgIpc) is 4.08. The Hall–Kier alpha value is -4.41. The largest absolute Gasteiger partial charge is 0.415 e. The lowest BCUT2D eigenvalue weighted by molar-refractivity contribution is -0.148. The van der Waals surface area contributed by atoms with Crippen LogP contribution < -0.4 is 20.1 Å². The normalized spacial score (nSPS) is 20.2. The Kier molecular flexibility index (Phi) is 22.1. The fourth-order valence-electron chi connectivity index (χ4n) is 10.1. The molecule has 21 heteroatoms. The van der Waals surface area contributed by atoms with E-state index < -0.39 is 87.8 Å². The van der Waals surface area contributed by atoms with E-state index in [1.807, 2.05) is 60.5 Å². The number of aliphatic hydroxyl groups is 2. The van der Waals surface area contributed by atoms with E-state index in [2.05, 4.69) is 15.4 Å². The molecule has 2 heterocycles. The van der Waals surface area contributed by atoms with Crippen molar-refractivity contribution in [1.29, 1.82) is 0 Å². The fraction of sp³-hybridized carbons (Fsp3) is 0.760.